The van der Waals surface area contributed by atoms with E-state index in [2.05, 4.69) is 36.5 Å². The number of hydrogen-bond acceptors (Lipinski definition) is 3. The van der Waals surface area contributed by atoms with Gasteiger partial charge in [-0.05, 0) is 47.9 Å². The van der Waals surface area contributed by atoms with E-state index in [9.17, 15) is 0 Å². The zero-order valence-electron chi connectivity index (χ0n) is 15.9. The lowest BCUT2D eigenvalue weighted by molar-refractivity contribution is 0.284. The van der Waals surface area contributed by atoms with Crippen molar-refractivity contribution in [3.63, 3.8) is 0 Å². The minimum atomic E-state index is 0.262. The van der Waals surface area contributed by atoms with Gasteiger partial charge in [0, 0.05) is 12.6 Å². The van der Waals surface area contributed by atoms with Crippen LogP contribution in [0.1, 0.15) is 29.7 Å². The lowest BCUT2D eigenvalue weighted by Crippen LogP contribution is -2.18. The molecule has 0 aliphatic rings. The summed E-state index contributed by atoms with van der Waals surface area (Å²) in [4.78, 5) is 0. The van der Waals surface area contributed by atoms with Crippen LogP contribution in [0.2, 0.25) is 10.0 Å². The molecule has 0 radical (unpaired) electrons. The zero-order valence-corrected chi connectivity index (χ0v) is 17.4. The molecule has 28 heavy (non-hydrogen) atoms. The van der Waals surface area contributed by atoms with E-state index in [0.29, 0.717) is 28.2 Å². The molecule has 3 nitrogen and oxygen atoms in total. The molecule has 0 bridgehead atoms. The first-order valence-electron chi connectivity index (χ1n) is 9.09. The zero-order chi connectivity index (χ0) is 19.9. The highest BCUT2D eigenvalue weighted by atomic mass is 35.5. The van der Waals surface area contributed by atoms with E-state index < -0.39 is 0 Å². The third kappa shape index (κ3) is 5.41. The van der Waals surface area contributed by atoms with E-state index in [1.165, 1.54) is 5.56 Å². The van der Waals surface area contributed by atoms with Crippen molar-refractivity contribution < 1.29 is 9.47 Å². The van der Waals surface area contributed by atoms with Gasteiger partial charge in [-0.2, -0.15) is 0 Å². The maximum absolute atomic E-state index is 6.06. The van der Waals surface area contributed by atoms with Crippen molar-refractivity contribution >= 4 is 23.2 Å². The quantitative estimate of drug-likeness (QED) is 0.459. The van der Waals surface area contributed by atoms with Crippen LogP contribution in [0, 0.1) is 0 Å². The Labute approximate surface area is 176 Å². The van der Waals surface area contributed by atoms with Crippen LogP contribution in [-0.2, 0) is 13.2 Å². The Kier molecular flexibility index (Phi) is 7.21. The fourth-order valence-corrected chi connectivity index (χ4v) is 3.18. The highest BCUT2D eigenvalue weighted by molar-refractivity contribution is 6.42. The van der Waals surface area contributed by atoms with E-state index in [4.69, 9.17) is 32.7 Å². The van der Waals surface area contributed by atoms with Crippen LogP contribution in [0.15, 0.2) is 66.7 Å². The molecule has 0 fully saturated rings. The lowest BCUT2D eigenvalue weighted by atomic mass is 10.1. The fraction of sp³-hybridized carbons (Fsp3) is 0.217. The van der Waals surface area contributed by atoms with Crippen LogP contribution in [0.25, 0.3) is 0 Å². The van der Waals surface area contributed by atoms with Gasteiger partial charge in [-0.25, -0.2) is 0 Å². The van der Waals surface area contributed by atoms with Gasteiger partial charge in [-0.3, -0.25) is 0 Å². The minimum absolute atomic E-state index is 0.262. The molecule has 0 aromatic heterocycles. The van der Waals surface area contributed by atoms with Crippen LogP contribution >= 0.6 is 23.2 Å². The number of halogens is 2. The highest BCUT2D eigenvalue weighted by Gasteiger charge is 2.09. The van der Waals surface area contributed by atoms with Crippen LogP contribution in [0.5, 0.6) is 11.5 Å². The summed E-state index contributed by atoms with van der Waals surface area (Å²) >= 11 is 12.0. The normalized spacial score (nSPS) is 11.9. The summed E-state index contributed by atoms with van der Waals surface area (Å²) in [6, 6.07) is 22.1. The second kappa shape index (κ2) is 9.83. The fourth-order valence-electron chi connectivity index (χ4n) is 2.86. The summed E-state index contributed by atoms with van der Waals surface area (Å²) in [5.41, 5.74) is 3.33. The number of ether oxygens (including phenoxy) is 2. The SMILES string of the molecule is COc1cc(CN[C@H](C)c2ccccc2)ccc1OCc1ccc(Cl)c(Cl)c1. The molecule has 0 amide bonds. The third-order valence-corrected chi connectivity index (χ3v) is 5.26. The Bertz CT molecular complexity index is 916. The number of rotatable bonds is 8. The van der Waals surface area contributed by atoms with E-state index >= 15 is 0 Å². The second-order valence-corrected chi connectivity index (χ2v) is 7.35. The van der Waals surface area contributed by atoms with Gasteiger partial charge in [0.1, 0.15) is 6.61 Å². The smallest absolute Gasteiger partial charge is 0.161 e. The highest BCUT2D eigenvalue weighted by Crippen LogP contribution is 2.30. The first-order valence-corrected chi connectivity index (χ1v) is 9.84. The van der Waals surface area contributed by atoms with Gasteiger partial charge in [-0.15, -0.1) is 0 Å². The first kappa shape index (κ1) is 20.5. The molecular formula is C23H23Cl2NO2. The van der Waals surface area contributed by atoms with Crippen LogP contribution < -0.4 is 14.8 Å². The van der Waals surface area contributed by atoms with E-state index in [1.807, 2.05) is 30.3 Å². The molecule has 0 spiro atoms. The molecule has 3 aromatic rings. The first-order chi connectivity index (χ1) is 13.6. The molecule has 0 heterocycles. The Morgan fingerprint density at radius 3 is 2.32 bits per heavy atom. The molecule has 146 valence electrons. The summed E-state index contributed by atoms with van der Waals surface area (Å²) in [7, 11) is 1.64. The summed E-state index contributed by atoms with van der Waals surface area (Å²) < 4.78 is 11.4. The topological polar surface area (TPSA) is 30.5 Å². The third-order valence-electron chi connectivity index (χ3n) is 4.52. The van der Waals surface area contributed by atoms with Gasteiger partial charge in [-0.1, -0.05) is 65.7 Å². The number of hydrogen-bond donors (Lipinski definition) is 1. The molecule has 1 N–H and O–H groups in total. The summed E-state index contributed by atoms with van der Waals surface area (Å²) in [6.45, 7) is 3.27. The number of methoxy groups -OCH3 is 1. The van der Waals surface area contributed by atoms with E-state index in [0.717, 1.165) is 17.7 Å². The van der Waals surface area contributed by atoms with Gasteiger partial charge in [0.05, 0.1) is 17.2 Å². The second-order valence-electron chi connectivity index (χ2n) is 6.54. The van der Waals surface area contributed by atoms with Crippen molar-refractivity contribution in [2.75, 3.05) is 7.11 Å². The van der Waals surface area contributed by atoms with Gasteiger partial charge in [0.25, 0.3) is 0 Å². The average molecular weight is 416 g/mol. The minimum Gasteiger partial charge on any atom is -0.493 e. The van der Waals surface area contributed by atoms with Crippen LogP contribution in [0.4, 0.5) is 0 Å². The molecule has 0 aliphatic carbocycles. The Hall–Kier alpha value is -2.20. The van der Waals surface area contributed by atoms with Crippen molar-refractivity contribution in [1.82, 2.24) is 5.32 Å². The van der Waals surface area contributed by atoms with Gasteiger partial charge in [0.15, 0.2) is 11.5 Å². The van der Waals surface area contributed by atoms with Gasteiger partial charge < -0.3 is 14.8 Å². The van der Waals surface area contributed by atoms with Crippen LogP contribution in [-0.4, -0.2) is 7.11 Å². The molecule has 5 heteroatoms. The van der Waals surface area contributed by atoms with Gasteiger partial charge >= 0.3 is 0 Å². The summed E-state index contributed by atoms with van der Waals surface area (Å²) in [6.07, 6.45) is 0. The number of nitrogens with one attached hydrogen (secondary N) is 1. The molecule has 0 saturated carbocycles. The Morgan fingerprint density at radius 1 is 0.857 bits per heavy atom. The predicted octanol–water partition coefficient (Wildman–Crippen LogP) is 6.43. The van der Waals surface area contributed by atoms with Crippen molar-refractivity contribution in [2.24, 2.45) is 0 Å². The van der Waals surface area contributed by atoms with E-state index in [-0.39, 0.29) is 6.04 Å². The number of benzene rings is 3. The van der Waals surface area contributed by atoms with E-state index in [1.54, 1.807) is 19.2 Å². The van der Waals surface area contributed by atoms with Crippen molar-refractivity contribution in [1.29, 1.82) is 0 Å². The standard InChI is InChI=1S/C23H23Cl2NO2/c1-16(19-6-4-3-5-7-19)26-14-17-9-11-22(23(13-17)27-2)28-15-18-8-10-20(24)21(25)12-18/h3-13,16,26H,14-15H2,1-2H3/t16-/m1/s1. The molecule has 0 aliphatic heterocycles. The van der Waals surface area contributed by atoms with Crippen molar-refractivity contribution in [3.8, 4) is 11.5 Å². The average Bonchev–Trinajstić information content (AvgIpc) is 2.73. The monoisotopic (exact) mass is 415 g/mol. The summed E-state index contributed by atoms with van der Waals surface area (Å²) in [5.74, 6) is 1.39. The van der Waals surface area contributed by atoms with Crippen LogP contribution in [0.3, 0.4) is 0 Å². The lowest BCUT2D eigenvalue weighted by Gasteiger charge is -2.16. The summed E-state index contributed by atoms with van der Waals surface area (Å²) in [5, 5.41) is 4.58. The Morgan fingerprint density at radius 2 is 1.61 bits per heavy atom. The Balaban J connectivity index is 1.62. The molecule has 0 unspecified atom stereocenters. The molecule has 0 saturated heterocycles. The molecule has 1 atom stereocenters. The largest absolute Gasteiger partial charge is 0.493 e. The maximum atomic E-state index is 6.06. The molecule has 3 rings (SSSR count). The predicted molar refractivity (Wildman–Crippen MR) is 115 cm³/mol. The molecular weight excluding hydrogens is 393 g/mol. The van der Waals surface area contributed by atoms with Gasteiger partial charge in [0.2, 0.25) is 0 Å². The van der Waals surface area contributed by atoms with Crippen molar-refractivity contribution in [3.05, 3.63) is 93.5 Å². The maximum Gasteiger partial charge on any atom is 0.161 e. The molecule has 3 aromatic carbocycles. The van der Waals surface area contributed by atoms with Crippen molar-refractivity contribution in [2.45, 2.75) is 26.1 Å².